The summed E-state index contributed by atoms with van der Waals surface area (Å²) >= 11 is 0. The largest absolute Gasteiger partial charge is 0.259 e. The summed E-state index contributed by atoms with van der Waals surface area (Å²) in [5.74, 6) is 0. The fourth-order valence-electron chi connectivity index (χ4n) is 1.46. The first-order chi connectivity index (χ1) is 7.19. The van der Waals surface area contributed by atoms with Crippen molar-refractivity contribution in [3.63, 3.8) is 0 Å². The summed E-state index contributed by atoms with van der Waals surface area (Å²) in [5, 5.41) is 10.7. The van der Waals surface area contributed by atoms with Crippen molar-refractivity contribution in [2.75, 3.05) is 0 Å². The molecule has 1 rings (SSSR count). The highest BCUT2D eigenvalue weighted by atomic mass is 16.6. The fraction of sp³-hybridized carbons (Fsp3) is 0.333. The molecule has 3 nitrogen and oxygen atoms in total. The summed E-state index contributed by atoms with van der Waals surface area (Å²) in [6.07, 6.45) is 3.01. The van der Waals surface area contributed by atoms with Crippen molar-refractivity contribution in [2.45, 2.75) is 26.7 Å². The van der Waals surface area contributed by atoms with Crippen LogP contribution in [0.15, 0.2) is 30.0 Å². The molecule has 80 valence electrons. The van der Waals surface area contributed by atoms with Crippen molar-refractivity contribution in [3.8, 4) is 0 Å². The highest BCUT2D eigenvalue weighted by molar-refractivity contribution is 5.55. The number of hydrogen-bond donors (Lipinski definition) is 0. The number of aryl methyl sites for hydroxylation is 1. The van der Waals surface area contributed by atoms with Gasteiger partial charge in [0.05, 0.1) is 4.92 Å². The summed E-state index contributed by atoms with van der Waals surface area (Å²) < 4.78 is 0. The first-order valence-corrected chi connectivity index (χ1v) is 5.11. The zero-order chi connectivity index (χ0) is 11.3. The lowest BCUT2D eigenvalue weighted by molar-refractivity contribution is -0.425. The van der Waals surface area contributed by atoms with Crippen LogP contribution in [0.4, 0.5) is 0 Å². The Hall–Kier alpha value is -1.64. The SMILES string of the molecule is CCC(=Cc1ccccc1CC)[N+](=O)[O-]. The van der Waals surface area contributed by atoms with E-state index in [1.165, 1.54) is 0 Å². The molecule has 0 radical (unpaired) electrons. The molecule has 0 N–H and O–H groups in total. The number of nitrogens with zero attached hydrogens (tertiary/aromatic N) is 1. The highest BCUT2D eigenvalue weighted by Gasteiger charge is 2.08. The van der Waals surface area contributed by atoms with Crippen LogP contribution < -0.4 is 0 Å². The predicted molar refractivity (Wildman–Crippen MR) is 61.1 cm³/mol. The van der Waals surface area contributed by atoms with E-state index in [0.29, 0.717) is 6.42 Å². The summed E-state index contributed by atoms with van der Waals surface area (Å²) in [6, 6.07) is 7.77. The second-order valence-electron chi connectivity index (χ2n) is 3.30. The Kier molecular flexibility index (Phi) is 4.03. The van der Waals surface area contributed by atoms with Gasteiger partial charge >= 0.3 is 0 Å². The molecule has 0 unspecified atom stereocenters. The first-order valence-electron chi connectivity index (χ1n) is 5.11. The Morgan fingerprint density at radius 3 is 2.60 bits per heavy atom. The van der Waals surface area contributed by atoms with E-state index in [2.05, 4.69) is 0 Å². The van der Waals surface area contributed by atoms with E-state index in [-0.39, 0.29) is 10.6 Å². The minimum Gasteiger partial charge on any atom is -0.259 e. The predicted octanol–water partition coefficient (Wildman–Crippen LogP) is 3.28. The molecule has 0 amide bonds. The molecule has 15 heavy (non-hydrogen) atoms. The van der Waals surface area contributed by atoms with Gasteiger partial charge in [-0.05, 0) is 17.5 Å². The van der Waals surface area contributed by atoms with Crippen molar-refractivity contribution in [3.05, 3.63) is 51.2 Å². The molecule has 0 saturated carbocycles. The van der Waals surface area contributed by atoms with Crippen molar-refractivity contribution < 1.29 is 4.92 Å². The maximum Gasteiger partial charge on any atom is 0.246 e. The minimum absolute atomic E-state index is 0.260. The molecule has 0 aliphatic rings. The van der Waals surface area contributed by atoms with Crippen LogP contribution in [-0.2, 0) is 6.42 Å². The Morgan fingerprint density at radius 1 is 1.40 bits per heavy atom. The van der Waals surface area contributed by atoms with Gasteiger partial charge in [-0.15, -0.1) is 0 Å². The molecular formula is C12H15NO2. The van der Waals surface area contributed by atoms with Gasteiger partial charge in [0.1, 0.15) is 0 Å². The highest BCUT2D eigenvalue weighted by Crippen LogP contribution is 2.15. The second-order valence-corrected chi connectivity index (χ2v) is 3.30. The van der Waals surface area contributed by atoms with Gasteiger partial charge in [-0.1, -0.05) is 38.1 Å². The van der Waals surface area contributed by atoms with E-state index in [1.54, 1.807) is 13.0 Å². The van der Waals surface area contributed by atoms with Gasteiger partial charge in [0, 0.05) is 12.5 Å². The van der Waals surface area contributed by atoms with E-state index in [0.717, 1.165) is 17.5 Å². The van der Waals surface area contributed by atoms with E-state index in [4.69, 9.17) is 0 Å². The summed E-state index contributed by atoms with van der Waals surface area (Å²) in [4.78, 5) is 10.4. The Labute approximate surface area is 89.6 Å². The van der Waals surface area contributed by atoms with Gasteiger partial charge in [-0.2, -0.15) is 0 Å². The van der Waals surface area contributed by atoms with Crippen LogP contribution in [0, 0.1) is 10.1 Å². The lowest BCUT2D eigenvalue weighted by Gasteiger charge is -2.02. The third-order valence-electron chi connectivity index (χ3n) is 2.35. The summed E-state index contributed by atoms with van der Waals surface area (Å²) in [5.41, 5.74) is 2.36. The van der Waals surface area contributed by atoms with Gasteiger partial charge in [-0.3, -0.25) is 10.1 Å². The molecule has 0 bridgehead atoms. The van der Waals surface area contributed by atoms with Gasteiger partial charge < -0.3 is 0 Å². The van der Waals surface area contributed by atoms with Gasteiger partial charge in [0.25, 0.3) is 0 Å². The zero-order valence-electron chi connectivity index (χ0n) is 9.06. The van der Waals surface area contributed by atoms with Crippen molar-refractivity contribution in [2.24, 2.45) is 0 Å². The second kappa shape index (κ2) is 5.29. The summed E-state index contributed by atoms with van der Waals surface area (Å²) in [7, 11) is 0. The average Bonchev–Trinajstić information content (AvgIpc) is 2.25. The Balaban J connectivity index is 3.10. The van der Waals surface area contributed by atoms with E-state index < -0.39 is 0 Å². The number of allylic oxidation sites excluding steroid dienone is 1. The normalized spacial score (nSPS) is 11.5. The van der Waals surface area contributed by atoms with Crippen LogP contribution in [0.2, 0.25) is 0 Å². The number of benzene rings is 1. The van der Waals surface area contributed by atoms with Crippen LogP contribution >= 0.6 is 0 Å². The maximum atomic E-state index is 10.7. The molecule has 0 spiro atoms. The van der Waals surface area contributed by atoms with Crippen molar-refractivity contribution in [1.29, 1.82) is 0 Å². The molecule has 0 fully saturated rings. The van der Waals surface area contributed by atoms with Gasteiger partial charge in [0.2, 0.25) is 5.70 Å². The molecular weight excluding hydrogens is 190 g/mol. The topological polar surface area (TPSA) is 43.1 Å². The van der Waals surface area contributed by atoms with Crippen LogP contribution in [-0.4, -0.2) is 4.92 Å². The van der Waals surface area contributed by atoms with E-state index >= 15 is 0 Å². The van der Waals surface area contributed by atoms with Crippen LogP contribution in [0.3, 0.4) is 0 Å². The third kappa shape index (κ3) is 2.91. The molecule has 0 aromatic heterocycles. The quantitative estimate of drug-likeness (QED) is 0.559. The maximum absolute atomic E-state index is 10.7. The van der Waals surface area contributed by atoms with Gasteiger partial charge in [-0.25, -0.2) is 0 Å². The lowest BCUT2D eigenvalue weighted by Crippen LogP contribution is -1.97. The first kappa shape index (κ1) is 11.4. The van der Waals surface area contributed by atoms with Crippen molar-refractivity contribution in [1.82, 2.24) is 0 Å². The van der Waals surface area contributed by atoms with Crippen LogP contribution in [0.5, 0.6) is 0 Å². The molecule has 1 aromatic carbocycles. The van der Waals surface area contributed by atoms with E-state index in [1.807, 2.05) is 31.2 Å². The molecule has 0 heterocycles. The Bertz CT molecular complexity index is 383. The fourth-order valence-corrected chi connectivity index (χ4v) is 1.46. The smallest absolute Gasteiger partial charge is 0.246 e. The lowest BCUT2D eigenvalue weighted by atomic mass is 10.0. The molecule has 0 saturated heterocycles. The summed E-state index contributed by atoms with van der Waals surface area (Å²) in [6.45, 7) is 3.84. The van der Waals surface area contributed by atoms with Gasteiger partial charge in [0.15, 0.2) is 0 Å². The molecule has 0 atom stereocenters. The molecule has 1 aromatic rings. The standard InChI is InChI=1S/C12H15NO2/c1-3-10-7-5-6-8-11(10)9-12(4-2)13(14)15/h5-9H,3-4H2,1-2H3. The molecule has 0 aliphatic heterocycles. The number of nitro groups is 1. The van der Waals surface area contributed by atoms with Crippen molar-refractivity contribution >= 4 is 6.08 Å². The number of rotatable bonds is 4. The van der Waals surface area contributed by atoms with E-state index in [9.17, 15) is 10.1 Å². The zero-order valence-corrected chi connectivity index (χ0v) is 9.06. The third-order valence-corrected chi connectivity index (χ3v) is 2.35. The number of hydrogen-bond acceptors (Lipinski definition) is 2. The minimum atomic E-state index is -0.313. The van der Waals surface area contributed by atoms with Crippen LogP contribution in [0.25, 0.3) is 6.08 Å². The Morgan fingerprint density at radius 2 is 2.07 bits per heavy atom. The van der Waals surface area contributed by atoms with Crippen LogP contribution in [0.1, 0.15) is 31.4 Å². The molecule has 3 heteroatoms. The monoisotopic (exact) mass is 205 g/mol. The average molecular weight is 205 g/mol. The molecule has 0 aliphatic carbocycles.